The number of nitrogens with zero attached hydrogens (tertiary/aromatic N) is 2. The molecule has 0 bridgehead atoms. The Bertz CT molecular complexity index is 473. The van der Waals surface area contributed by atoms with E-state index in [2.05, 4.69) is 21.3 Å². The van der Waals surface area contributed by atoms with Gasteiger partial charge in [0.15, 0.2) is 0 Å². The highest BCUT2D eigenvalue weighted by atomic mass is 16.5. The van der Waals surface area contributed by atoms with Gasteiger partial charge in [-0.2, -0.15) is 0 Å². The van der Waals surface area contributed by atoms with Crippen LogP contribution in [0, 0.1) is 6.92 Å². The monoisotopic (exact) mass is 289 g/mol. The minimum atomic E-state index is 0.660. The smallest absolute Gasteiger partial charge is 0.122 e. The summed E-state index contributed by atoms with van der Waals surface area (Å²) in [6.07, 6.45) is 6.70. The van der Waals surface area contributed by atoms with Crippen molar-refractivity contribution in [1.29, 1.82) is 0 Å². The lowest BCUT2D eigenvalue weighted by Gasteiger charge is -2.35. The average molecular weight is 289 g/mol. The first kappa shape index (κ1) is 14.8. The third-order valence-electron chi connectivity index (χ3n) is 4.55. The van der Waals surface area contributed by atoms with Crippen LogP contribution in [-0.4, -0.2) is 42.2 Å². The standard InChI is InChI=1S/C17H27N3O/c1-13-9-17(21-2)10-15(19-13)12-20-8-4-3-5-16(20)11-18-14-6-7-14/h9-10,14,16,18H,3-8,11-12H2,1-2H3. The van der Waals surface area contributed by atoms with Crippen LogP contribution >= 0.6 is 0 Å². The minimum Gasteiger partial charge on any atom is -0.497 e. The molecular weight excluding hydrogens is 262 g/mol. The number of nitrogens with one attached hydrogen (secondary N) is 1. The molecule has 1 saturated carbocycles. The molecule has 1 aromatic rings. The van der Waals surface area contributed by atoms with E-state index in [1.54, 1.807) is 7.11 Å². The van der Waals surface area contributed by atoms with Crippen LogP contribution < -0.4 is 10.1 Å². The van der Waals surface area contributed by atoms with Gasteiger partial charge in [-0.15, -0.1) is 0 Å². The van der Waals surface area contributed by atoms with Crippen LogP contribution in [0.25, 0.3) is 0 Å². The second-order valence-electron chi connectivity index (χ2n) is 6.44. The second-order valence-corrected chi connectivity index (χ2v) is 6.44. The van der Waals surface area contributed by atoms with Gasteiger partial charge in [-0.05, 0) is 39.2 Å². The van der Waals surface area contributed by atoms with Crippen LogP contribution in [0.4, 0.5) is 0 Å². The topological polar surface area (TPSA) is 37.4 Å². The van der Waals surface area contributed by atoms with Crippen molar-refractivity contribution in [2.45, 2.75) is 57.7 Å². The van der Waals surface area contributed by atoms with Crippen molar-refractivity contribution in [3.05, 3.63) is 23.5 Å². The molecule has 1 aliphatic heterocycles. The van der Waals surface area contributed by atoms with Gasteiger partial charge in [-0.25, -0.2) is 0 Å². The Labute approximate surface area is 127 Å². The summed E-state index contributed by atoms with van der Waals surface area (Å²) in [6.45, 7) is 5.30. The summed E-state index contributed by atoms with van der Waals surface area (Å²) in [5.74, 6) is 0.919. The van der Waals surface area contributed by atoms with Crippen molar-refractivity contribution in [2.24, 2.45) is 0 Å². The van der Waals surface area contributed by atoms with Gasteiger partial charge in [0.05, 0.1) is 12.8 Å². The van der Waals surface area contributed by atoms with E-state index in [1.165, 1.54) is 38.6 Å². The Balaban J connectivity index is 1.63. The van der Waals surface area contributed by atoms with Crippen LogP contribution in [0.1, 0.15) is 43.5 Å². The van der Waals surface area contributed by atoms with Crippen molar-refractivity contribution in [3.8, 4) is 5.75 Å². The minimum absolute atomic E-state index is 0.660. The predicted molar refractivity (Wildman–Crippen MR) is 84.6 cm³/mol. The van der Waals surface area contributed by atoms with Gasteiger partial charge < -0.3 is 10.1 Å². The molecule has 3 rings (SSSR count). The summed E-state index contributed by atoms with van der Waals surface area (Å²) >= 11 is 0. The fourth-order valence-corrected chi connectivity index (χ4v) is 3.20. The first-order chi connectivity index (χ1) is 10.2. The summed E-state index contributed by atoms with van der Waals surface area (Å²) in [5, 5.41) is 3.69. The van der Waals surface area contributed by atoms with Gasteiger partial charge in [0.1, 0.15) is 5.75 Å². The number of aryl methyl sites for hydroxylation is 1. The van der Waals surface area contributed by atoms with E-state index in [9.17, 15) is 0 Å². The van der Waals surface area contributed by atoms with Gasteiger partial charge in [0.25, 0.3) is 0 Å². The molecule has 0 aromatic carbocycles. The molecule has 4 heteroatoms. The molecule has 1 saturated heterocycles. The van der Waals surface area contributed by atoms with E-state index in [0.717, 1.165) is 36.3 Å². The molecule has 0 spiro atoms. The predicted octanol–water partition coefficient (Wildman–Crippen LogP) is 2.51. The number of likely N-dealkylation sites (tertiary alicyclic amines) is 1. The van der Waals surface area contributed by atoms with Gasteiger partial charge in [-0.3, -0.25) is 9.88 Å². The molecule has 1 unspecified atom stereocenters. The molecular formula is C17H27N3O. The number of hydrogen-bond donors (Lipinski definition) is 1. The van der Waals surface area contributed by atoms with Crippen LogP contribution in [0.15, 0.2) is 12.1 Å². The lowest BCUT2D eigenvalue weighted by Crippen LogP contribution is -2.45. The Morgan fingerprint density at radius 3 is 2.90 bits per heavy atom. The molecule has 1 aliphatic carbocycles. The number of ether oxygens (including phenoxy) is 1. The van der Waals surface area contributed by atoms with Gasteiger partial charge in [-0.1, -0.05) is 6.42 Å². The highest BCUT2D eigenvalue weighted by Crippen LogP contribution is 2.23. The fourth-order valence-electron chi connectivity index (χ4n) is 3.20. The van der Waals surface area contributed by atoms with E-state index >= 15 is 0 Å². The number of aromatic nitrogens is 1. The molecule has 0 amide bonds. The van der Waals surface area contributed by atoms with Crippen LogP contribution in [0.2, 0.25) is 0 Å². The van der Waals surface area contributed by atoms with E-state index in [1.807, 2.05) is 13.0 Å². The number of hydrogen-bond acceptors (Lipinski definition) is 4. The van der Waals surface area contributed by atoms with Crippen LogP contribution in [0.3, 0.4) is 0 Å². The van der Waals surface area contributed by atoms with E-state index in [-0.39, 0.29) is 0 Å². The molecule has 1 atom stereocenters. The highest BCUT2D eigenvalue weighted by Gasteiger charge is 2.26. The fraction of sp³-hybridized carbons (Fsp3) is 0.706. The summed E-state index contributed by atoms with van der Waals surface area (Å²) < 4.78 is 5.37. The lowest BCUT2D eigenvalue weighted by atomic mass is 10.0. The normalized spacial score (nSPS) is 23.2. The SMILES string of the molecule is COc1cc(C)nc(CN2CCCCC2CNC2CC2)c1. The van der Waals surface area contributed by atoms with Crippen LogP contribution in [-0.2, 0) is 6.54 Å². The Kier molecular flexibility index (Phi) is 4.76. The summed E-state index contributed by atoms with van der Waals surface area (Å²) in [5.41, 5.74) is 2.17. The quantitative estimate of drug-likeness (QED) is 0.873. The van der Waals surface area contributed by atoms with Crippen molar-refractivity contribution < 1.29 is 4.74 Å². The number of pyridine rings is 1. The average Bonchev–Trinajstić information content (AvgIpc) is 3.30. The zero-order valence-corrected chi connectivity index (χ0v) is 13.3. The molecule has 4 nitrogen and oxygen atoms in total. The first-order valence-corrected chi connectivity index (χ1v) is 8.23. The molecule has 21 heavy (non-hydrogen) atoms. The van der Waals surface area contributed by atoms with Gasteiger partial charge in [0.2, 0.25) is 0 Å². The highest BCUT2D eigenvalue weighted by molar-refractivity contribution is 5.26. The maximum absolute atomic E-state index is 5.37. The molecule has 1 aromatic heterocycles. The molecule has 2 fully saturated rings. The van der Waals surface area contributed by atoms with Crippen molar-refractivity contribution in [1.82, 2.24) is 15.2 Å². The maximum atomic E-state index is 5.37. The third kappa shape index (κ3) is 4.17. The van der Waals surface area contributed by atoms with Crippen LogP contribution in [0.5, 0.6) is 5.75 Å². The number of rotatable bonds is 6. The Morgan fingerprint density at radius 1 is 1.29 bits per heavy atom. The maximum Gasteiger partial charge on any atom is 0.122 e. The van der Waals surface area contributed by atoms with E-state index in [0.29, 0.717) is 6.04 Å². The number of methoxy groups -OCH3 is 1. The van der Waals surface area contributed by atoms with E-state index < -0.39 is 0 Å². The largest absolute Gasteiger partial charge is 0.497 e. The Morgan fingerprint density at radius 2 is 2.14 bits per heavy atom. The molecule has 0 radical (unpaired) electrons. The Hall–Kier alpha value is -1.13. The molecule has 1 N–H and O–H groups in total. The summed E-state index contributed by atoms with van der Waals surface area (Å²) in [4.78, 5) is 7.27. The molecule has 2 aliphatic rings. The van der Waals surface area contributed by atoms with E-state index in [4.69, 9.17) is 4.74 Å². The summed E-state index contributed by atoms with van der Waals surface area (Å²) in [7, 11) is 1.72. The zero-order valence-electron chi connectivity index (χ0n) is 13.3. The number of piperidine rings is 1. The van der Waals surface area contributed by atoms with Crippen molar-refractivity contribution in [3.63, 3.8) is 0 Å². The first-order valence-electron chi connectivity index (χ1n) is 8.23. The zero-order chi connectivity index (χ0) is 14.7. The van der Waals surface area contributed by atoms with Gasteiger partial charge in [0, 0.05) is 43.0 Å². The van der Waals surface area contributed by atoms with Crippen molar-refractivity contribution >= 4 is 0 Å². The third-order valence-corrected chi connectivity index (χ3v) is 4.55. The second kappa shape index (κ2) is 6.75. The van der Waals surface area contributed by atoms with Gasteiger partial charge >= 0.3 is 0 Å². The molecule has 2 heterocycles. The lowest BCUT2D eigenvalue weighted by molar-refractivity contribution is 0.135. The van der Waals surface area contributed by atoms with Crippen molar-refractivity contribution in [2.75, 3.05) is 20.2 Å². The summed E-state index contributed by atoms with van der Waals surface area (Å²) in [6, 6.07) is 5.53. The molecule has 116 valence electrons.